The maximum Gasteiger partial charge on any atom is 0.341 e. The topological polar surface area (TPSA) is 50.4 Å². The van der Waals surface area contributed by atoms with Gasteiger partial charge < -0.3 is 15.4 Å². The van der Waals surface area contributed by atoms with Gasteiger partial charge in [-0.25, -0.2) is 4.79 Å². The normalized spacial score (nSPS) is 10.4. The maximum atomic E-state index is 12.5. The van der Waals surface area contributed by atoms with Crippen LogP contribution in [0.4, 0.5) is 10.7 Å². The molecule has 29 heavy (non-hydrogen) atoms. The predicted molar refractivity (Wildman–Crippen MR) is 126 cm³/mol. The third kappa shape index (κ3) is 5.02. The monoisotopic (exact) mass is 424 g/mol. The first-order valence-electron chi connectivity index (χ1n) is 9.56. The molecular weight excluding hydrogens is 400 g/mol. The molecule has 2 N–H and O–H groups in total. The Morgan fingerprint density at radius 2 is 1.83 bits per heavy atom. The summed E-state index contributed by atoms with van der Waals surface area (Å²) in [5, 5.41) is 7.62. The van der Waals surface area contributed by atoms with E-state index in [2.05, 4.69) is 23.6 Å². The van der Waals surface area contributed by atoms with Crippen LogP contribution in [0.1, 0.15) is 35.3 Å². The van der Waals surface area contributed by atoms with Crippen molar-refractivity contribution in [2.75, 3.05) is 17.2 Å². The smallest absolute Gasteiger partial charge is 0.341 e. The van der Waals surface area contributed by atoms with Crippen LogP contribution in [-0.4, -0.2) is 17.7 Å². The van der Waals surface area contributed by atoms with Gasteiger partial charge in [-0.05, 0) is 55.2 Å². The zero-order valence-electron chi connectivity index (χ0n) is 16.7. The summed E-state index contributed by atoms with van der Waals surface area (Å²) in [5.74, 6) is -0.360. The SMILES string of the molecule is CCOC(=O)c1cc(-c2ccccc2)sc1NC(=S)Nc1c(C)cccc1CC. The molecule has 0 bridgehead atoms. The van der Waals surface area contributed by atoms with Crippen molar-refractivity contribution in [2.45, 2.75) is 27.2 Å². The van der Waals surface area contributed by atoms with Crippen molar-refractivity contribution < 1.29 is 9.53 Å². The van der Waals surface area contributed by atoms with Crippen LogP contribution in [0.15, 0.2) is 54.6 Å². The number of nitrogens with one attached hydrogen (secondary N) is 2. The zero-order valence-corrected chi connectivity index (χ0v) is 18.4. The molecule has 4 nitrogen and oxygen atoms in total. The summed E-state index contributed by atoms with van der Waals surface area (Å²) in [4.78, 5) is 13.5. The molecule has 3 aromatic rings. The number of benzene rings is 2. The fourth-order valence-corrected chi connectivity index (χ4v) is 4.36. The molecule has 0 atom stereocenters. The summed E-state index contributed by atoms with van der Waals surface area (Å²) in [6.07, 6.45) is 0.901. The van der Waals surface area contributed by atoms with Gasteiger partial charge in [0, 0.05) is 10.6 Å². The lowest BCUT2D eigenvalue weighted by molar-refractivity contribution is 0.0528. The van der Waals surface area contributed by atoms with Gasteiger partial charge in [-0.1, -0.05) is 55.5 Å². The average molecular weight is 425 g/mol. The van der Waals surface area contributed by atoms with Gasteiger partial charge in [-0.3, -0.25) is 0 Å². The summed E-state index contributed by atoms with van der Waals surface area (Å²) in [7, 11) is 0. The largest absolute Gasteiger partial charge is 0.462 e. The number of hydrogen-bond donors (Lipinski definition) is 2. The van der Waals surface area contributed by atoms with Crippen molar-refractivity contribution in [3.8, 4) is 10.4 Å². The second-order valence-corrected chi connectivity index (χ2v) is 7.94. The Balaban J connectivity index is 1.88. The molecule has 0 saturated carbocycles. The number of thiophene rings is 1. The van der Waals surface area contributed by atoms with E-state index in [0.29, 0.717) is 22.3 Å². The molecule has 1 heterocycles. The predicted octanol–water partition coefficient (Wildman–Crippen LogP) is 6.27. The lowest BCUT2D eigenvalue weighted by Gasteiger charge is -2.15. The van der Waals surface area contributed by atoms with E-state index in [0.717, 1.165) is 28.1 Å². The Morgan fingerprint density at radius 1 is 1.07 bits per heavy atom. The van der Waals surface area contributed by atoms with Crippen LogP contribution < -0.4 is 10.6 Å². The fourth-order valence-electron chi connectivity index (χ4n) is 3.04. The highest BCUT2D eigenvalue weighted by Crippen LogP contribution is 2.36. The summed E-state index contributed by atoms with van der Waals surface area (Å²) in [6.45, 7) is 6.28. The van der Waals surface area contributed by atoms with E-state index < -0.39 is 0 Å². The quantitative estimate of drug-likeness (QED) is 0.361. The summed E-state index contributed by atoms with van der Waals surface area (Å²) < 4.78 is 5.24. The second kappa shape index (κ2) is 9.67. The summed E-state index contributed by atoms with van der Waals surface area (Å²) >= 11 is 7.03. The first-order chi connectivity index (χ1) is 14.0. The molecule has 6 heteroatoms. The molecule has 0 aliphatic heterocycles. The molecule has 0 saturated heterocycles. The molecule has 0 aliphatic carbocycles. The molecule has 0 aliphatic rings. The number of ether oxygens (including phenoxy) is 1. The van der Waals surface area contributed by atoms with Gasteiger partial charge in [0.15, 0.2) is 5.11 Å². The minimum Gasteiger partial charge on any atom is -0.462 e. The number of rotatable bonds is 6. The molecule has 0 fully saturated rings. The molecule has 0 spiro atoms. The first kappa shape index (κ1) is 21.0. The van der Waals surface area contributed by atoms with Crippen LogP contribution >= 0.6 is 23.6 Å². The van der Waals surface area contributed by atoms with E-state index in [9.17, 15) is 4.79 Å². The molecule has 150 valence electrons. The standard InChI is InChI=1S/C23H24N2O2S2/c1-4-16-13-9-10-15(3)20(16)24-23(28)25-21-18(22(26)27-5-2)14-19(29-21)17-11-7-6-8-12-17/h6-14H,4-5H2,1-3H3,(H2,24,25,28). The number of hydrogen-bond acceptors (Lipinski definition) is 4. The Morgan fingerprint density at radius 3 is 2.52 bits per heavy atom. The highest BCUT2D eigenvalue weighted by molar-refractivity contribution is 7.80. The Labute approximate surface area is 180 Å². The van der Waals surface area contributed by atoms with E-state index >= 15 is 0 Å². The maximum absolute atomic E-state index is 12.5. The van der Waals surface area contributed by atoms with E-state index in [1.807, 2.05) is 55.5 Å². The fraction of sp³-hybridized carbons (Fsp3) is 0.217. The minimum atomic E-state index is -0.360. The Bertz CT molecular complexity index is 1010. The molecule has 2 aromatic carbocycles. The van der Waals surface area contributed by atoms with Gasteiger partial charge in [-0.2, -0.15) is 0 Å². The molecule has 0 unspecified atom stereocenters. The third-order valence-electron chi connectivity index (χ3n) is 4.49. The van der Waals surface area contributed by atoms with Crippen molar-refractivity contribution in [2.24, 2.45) is 0 Å². The highest BCUT2D eigenvalue weighted by Gasteiger charge is 2.19. The number of para-hydroxylation sites is 1. The minimum absolute atomic E-state index is 0.320. The second-order valence-electron chi connectivity index (χ2n) is 6.48. The van der Waals surface area contributed by atoms with Crippen LogP contribution in [0.2, 0.25) is 0 Å². The van der Waals surface area contributed by atoms with Crippen LogP contribution in [0.25, 0.3) is 10.4 Å². The molecule has 3 rings (SSSR count). The lowest BCUT2D eigenvalue weighted by Crippen LogP contribution is -2.21. The zero-order chi connectivity index (χ0) is 20.8. The van der Waals surface area contributed by atoms with Crippen LogP contribution in [0.3, 0.4) is 0 Å². The number of aryl methyl sites for hydroxylation is 2. The lowest BCUT2D eigenvalue weighted by atomic mass is 10.1. The van der Waals surface area contributed by atoms with Gasteiger partial charge in [0.2, 0.25) is 0 Å². The van der Waals surface area contributed by atoms with Crippen LogP contribution in [0.5, 0.6) is 0 Å². The van der Waals surface area contributed by atoms with Gasteiger partial charge in [0.25, 0.3) is 0 Å². The Kier molecular flexibility index (Phi) is 7.01. The van der Waals surface area contributed by atoms with E-state index in [1.165, 1.54) is 16.9 Å². The summed E-state index contributed by atoms with van der Waals surface area (Å²) in [5.41, 5.74) is 4.85. The molecule has 1 aromatic heterocycles. The van der Waals surface area contributed by atoms with Crippen molar-refractivity contribution in [3.63, 3.8) is 0 Å². The first-order valence-corrected chi connectivity index (χ1v) is 10.8. The number of esters is 1. The van der Waals surface area contributed by atoms with Crippen LogP contribution in [-0.2, 0) is 11.2 Å². The van der Waals surface area contributed by atoms with E-state index in [-0.39, 0.29) is 5.97 Å². The highest BCUT2D eigenvalue weighted by atomic mass is 32.1. The van der Waals surface area contributed by atoms with Gasteiger partial charge in [0.1, 0.15) is 5.00 Å². The number of carbonyl (C=O) groups excluding carboxylic acids is 1. The van der Waals surface area contributed by atoms with Gasteiger partial charge in [0.05, 0.1) is 12.2 Å². The van der Waals surface area contributed by atoms with Crippen molar-refractivity contribution in [1.82, 2.24) is 0 Å². The van der Waals surface area contributed by atoms with Crippen molar-refractivity contribution in [1.29, 1.82) is 0 Å². The molecule has 0 radical (unpaired) electrons. The van der Waals surface area contributed by atoms with Gasteiger partial charge in [-0.15, -0.1) is 11.3 Å². The van der Waals surface area contributed by atoms with Gasteiger partial charge >= 0.3 is 5.97 Å². The van der Waals surface area contributed by atoms with E-state index in [4.69, 9.17) is 17.0 Å². The average Bonchev–Trinajstić information content (AvgIpc) is 3.14. The molecule has 0 amide bonds. The number of anilines is 2. The summed E-state index contributed by atoms with van der Waals surface area (Å²) in [6, 6.07) is 18.0. The van der Waals surface area contributed by atoms with Crippen molar-refractivity contribution >= 4 is 45.3 Å². The van der Waals surface area contributed by atoms with E-state index in [1.54, 1.807) is 6.92 Å². The third-order valence-corrected chi connectivity index (χ3v) is 5.79. The number of carbonyl (C=O) groups is 1. The Hall–Kier alpha value is -2.70. The van der Waals surface area contributed by atoms with Crippen molar-refractivity contribution in [3.05, 3.63) is 71.3 Å². The molecular formula is C23H24N2O2S2. The van der Waals surface area contributed by atoms with Crippen LogP contribution in [0, 0.1) is 6.92 Å². The number of thiocarbonyl (C=S) groups is 1.